The third-order valence-corrected chi connectivity index (χ3v) is 4.07. The maximum atomic E-state index is 10.8. The Balaban J connectivity index is 2.07. The van der Waals surface area contributed by atoms with E-state index in [9.17, 15) is 15.2 Å². The monoisotopic (exact) mass is 279 g/mol. The van der Waals surface area contributed by atoms with Crippen LogP contribution < -0.4 is 11.1 Å². The molecule has 20 heavy (non-hydrogen) atoms. The predicted molar refractivity (Wildman–Crippen MR) is 78.6 cm³/mol. The fourth-order valence-corrected chi connectivity index (χ4v) is 2.82. The first-order valence-electron chi connectivity index (χ1n) is 6.94. The van der Waals surface area contributed by atoms with E-state index in [4.69, 9.17) is 5.73 Å². The van der Waals surface area contributed by atoms with Crippen LogP contribution >= 0.6 is 0 Å². The second-order valence-corrected chi connectivity index (χ2v) is 5.64. The molecular formula is C14H21N3O3. The summed E-state index contributed by atoms with van der Waals surface area (Å²) in [7, 11) is 0. The molecule has 0 bridgehead atoms. The van der Waals surface area contributed by atoms with E-state index >= 15 is 0 Å². The van der Waals surface area contributed by atoms with E-state index in [1.165, 1.54) is 18.6 Å². The van der Waals surface area contributed by atoms with Crippen LogP contribution in [0.3, 0.4) is 0 Å². The summed E-state index contributed by atoms with van der Waals surface area (Å²) in [6.07, 6.45) is 5.44. The molecule has 2 rings (SSSR count). The zero-order valence-corrected chi connectivity index (χ0v) is 11.5. The Kier molecular flexibility index (Phi) is 4.44. The Bertz CT molecular complexity index is 485. The molecule has 0 heterocycles. The lowest BCUT2D eigenvalue weighted by molar-refractivity contribution is -0.384. The van der Waals surface area contributed by atoms with Crippen molar-refractivity contribution >= 4 is 17.1 Å². The number of nitro benzene ring substituents is 1. The summed E-state index contributed by atoms with van der Waals surface area (Å²) in [5.74, 6) is 0. The van der Waals surface area contributed by atoms with E-state index in [1.807, 2.05) is 0 Å². The maximum Gasteiger partial charge on any atom is 0.273 e. The van der Waals surface area contributed by atoms with Crippen molar-refractivity contribution in [1.82, 2.24) is 0 Å². The van der Waals surface area contributed by atoms with Gasteiger partial charge in [0.25, 0.3) is 5.69 Å². The van der Waals surface area contributed by atoms with Crippen LogP contribution in [0, 0.1) is 15.5 Å². The Morgan fingerprint density at radius 2 is 2.00 bits per heavy atom. The Labute approximate surface area is 118 Å². The van der Waals surface area contributed by atoms with Crippen molar-refractivity contribution in [2.45, 2.75) is 32.1 Å². The fraction of sp³-hybridized carbons (Fsp3) is 0.571. The molecule has 1 aliphatic carbocycles. The molecule has 4 N–H and O–H groups in total. The minimum atomic E-state index is -0.454. The highest BCUT2D eigenvalue weighted by Gasteiger charge is 2.31. The van der Waals surface area contributed by atoms with Gasteiger partial charge in [-0.2, -0.15) is 0 Å². The number of aliphatic hydroxyl groups is 1. The summed E-state index contributed by atoms with van der Waals surface area (Å²) in [4.78, 5) is 10.4. The van der Waals surface area contributed by atoms with E-state index in [2.05, 4.69) is 5.32 Å². The largest absolute Gasteiger partial charge is 0.398 e. The fourth-order valence-electron chi connectivity index (χ4n) is 2.82. The van der Waals surface area contributed by atoms with Crippen LogP contribution in [0.2, 0.25) is 0 Å². The number of nitrogen functional groups attached to an aromatic ring is 1. The molecule has 0 atom stereocenters. The van der Waals surface area contributed by atoms with Crippen LogP contribution in [-0.2, 0) is 0 Å². The van der Waals surface area contributed by atoms with Crippen LogP contribution in [0.5, 0.6) is 0 Å². The quantitative estimate of drug-likeness (QED) is 0.437. The van der Waals surface area contributed by atoms with E-state index in [0.717, 1.165) is 25.7 Å². The zero-order chi connectivity index (χ0) is 14.6. The molecule has 0 amide bonds. The van der Waals surface area contributed by atoms with Gasteiger partial charge in [0.05, 0.1) is 11.5 Å². The molecule has 6 heteroatoms. The third kappa shape index (κ3) is 3.39. The average molecular weight is 279 g/mol. The van der Waals surface area contributed by atoms with Gasteiger partial charge in [-0.3, -0.25) is 10.1 Å². The number of nitrogens with one attached hydrogen (secondary N) is 1. The van der Waals surface area contributed by atoms with Gasteiger partial charge in [-0.25, -0.2) is 0 Å². The minimum absolute atomic E-state index is 0.0193. The number of hydrogen-bond donors (Lipinski definition) is 3. The SMILES string of the molecule is Nc1cc(NCC2(CO)CCCCC2)cc([N+](=O)[O-])c1. The number of nitro groups is 1. The van der Waals surface area contributed by atoms with Gasteiger partial charge in [0, 0.05) is 35.5 Å². The number of nitrogens with two attached hydrogens (primary N) is 1. The number of rotatable bonds is 5. The topological polar surface area (TPSA) is 101 Å². The molecule has 1 fully saturated rings. The molecule has 1 aromatic rings. The van der Waals surface area contributed by atoms with Gasteiger partial charge in [-0.15, -0.1) is 0 Å². The van der Waals surface area contributed by atoms with E-state index in [-0.39, 0.29) is 17.7 Å². The van der Waals surface area contributed by atoms with Crippen LogP contribution in [0.25, 0.3) is 0 Å². The average Bonchev–Trinajstić information content (AvgIpc) is 2.45. The van der Waals surface area contributed by atoms with E-state index in [0.29, 0.717) is 17.9 Å². The Morgan fingerprint density at radius 3 is 2.60 bits per heavy atom. The van der Waals surface area contributed by atoms with Crippen LogP contribution in [-0.4, -0.2) is 23.2 Å². The molecule has 0 radical (unpaired) electrons. The first kappa shape index (κ1) is 14.6. The van der Waals surface area contributed by atoms with Crippen molar-refractivity contribution in [3.63, 3.8) is 0 Å². The molecule has 0 aliphatic heterocycles. The lowest BCUT2D eigenvalue weighted by Gasteiger charge is -2.36. The highest BCUT2D eigenvalue weighted by molar-refractivity contribution is 5.61. The normalized spacial score (nSPS) is 17.6. The molecule has 1 aliphatic rings. The Morgan fingerprint density at radius 1 is 1.30 bits per heavy atom. The van der Waals surface area contributed by atoms with Crippen molar-refractivity contribution in [3.05, 3.63) is 28.3 Å². The lowest BCUT2D eigenvalue weighted by Crippen LogP contribution is -2.35. The summed E-state index contributed by atoms with van der Waals surface area (Å²) in [5.41, 5.74) is 6.54. The van der Waals surface area contributed by atoms with Crippen LogP contribution in [0.15, 0.2) is 18.2 Å². The number of benzene rings is 1. The smallest absolute Gasteiger partial charge is 0.273 e. The van der Waals surface area contributed by atoms with Gasteiger partial charge in [0.1, 0.15) is 0 Å². The molecule has 1 aromatic carbocycles. The second-order valence-electron chi connectivity index (χ2n) is 5.64. The molecule has 6 nitrogen and oxygen atoms in total. The molecule has 0 saturated heterocycles. The van der Waals surface area contributed by atoms with Crippen molar-refractivity contribution in [2.75, 3.05) is 24.2 Å². The highest BCUT2D eigenvalue weighted by Crippen LogP contribution is 2.36. The minimum Gasteiger partial charge on any atom is -0.398 e. The van der Waals surface area contributed by atoms with Crippen molar-refractivity contribution in [1.29, 1.82) is 0 Å². The summed E-state index contributed by atoms with van der Waals surface area (Å²) in [6.45, 7) is 0.758. The predicted octanol–water partition coefficient (Wildman–Crippen LogP) is 2.53. The van der Waals surface area contributed by atoms with E-state index < -0.39 is 4.92 Å². The molecule has 110 valence electrons. The van der Waals surface area contributed by atoms with Gasteiger partial charge in [0.2, 0.25) is 0 Å². The molecule has 0 aromatic heterocycles. The number of non-ortho nitro benzene ring substituents is 1. The third-order valence-electron chi connectivity index (χ3n) is 4.07. The molecule has 0 spiro atoms. The summed E-state index contributed by atoms with van der Waals surface area (Å²) in [6, 6.07) is 4.50. The second kappa shape index (κ2) is 6.09. The number of nitrogens with zero attached hydrogens (tertiary/aromatic N) is 1. The lowest BCUT2D eigenvalue weighted by atomic mass is 9.74. The summed E-state index contributed by atoms with van der Waals surface area (Å²) in [5, 5.41) is 23.7. The first-order chi connectivity index (χ1) is 9.54. The highest BCUT2D eigenvalue weighted by atomic mass is 16.6. The number of anilines is 2. The van der Waals surface area contributed by atoms with Crippen LogP contribution in [0.1, 0.15) is 32.1 Å². The summed E-state index contributed by atoms with van der Waals surface area (Å²) < 4.78 is 0. The maximum absolute atomic E-state index is 10.8. The van der Waals surface area contributed by atoms with Crippen LogP contribution in [0.4, 0.5) is 17.1 Å². The van der Waals surface area contributed by atoms with E-state index in [1.54, 1.807) is 6.07 Å². The molecule has 0 unspecified atom stereocenters. The number of aliphatic hydroxyl groups excluding tert-OH is 1. The zero-order valence-electron chi connectivity index (χ0n) is 11.5. The van der Waals surface area contributed by atoms with Gasteiger partial charge >= 0.3 is 0 Å². The number of hydrogen-bond acceptors (Lipinski definition) is 5. The van der Waals surface area contributed by atoms with Gasteiger partial charge in [-0.1, -0.05) is 19.3 Å². The standard InChI is InChI=1S/C14H21N3O3/c15-11-6-12(8-13(7-11)17(19)20)16-9-14(10-18)4-2-1-3-5-14/h6-8,16,18H,1-5,9-10,15H2. The molecular weight excluding hydrogens is 258 g/mol. The van der Waals surface area contributed by atoms with Crippen molar-refractivity contribution in [3.8, 4) is 0 Å². The van der Waals surface area contributed by atoms with Crippen molar-refractivity contribution in [2.24, 2.45) is 5.41 Å². The van der Waals surface area contributed by atoms with Crippen molar-refractivity contribution < 1.29 is 10.0 Å². The van der Waals surface area contributed by atoms with Gasteiger partial charge < -0.3 is 16.2 Å². The molecule has 1 saturated carbocycles. The van der Waals surface area contributed by atoms with Gasteiger partial charge in [-0.05, 0) is 18.9 Å². The first-order valence-corrected chi connectivity index (χ1v) is 6.94. The summed E-state index contributed by atoms with van der Waals surface area (Å²) >= 11 is 0. The Hall–Kier alpha value is -1.82. The van der Waals surface area contributed by atoms with Gasteiger partial charge in [0.15, 0.2) is 0 Å².